The number of aromatic nitrogens is 3. The van der Waals surface area contributed by atoms with Crippen molar-refractivity contribution in [1.29, 1.82) is 0 Å². The number of hydrogen-bond acceptors (Lipinski definition) is 4. The van der Waals surface area contributed by atoms with Gasteiger partial charge < -0.3 is 10.8 Å². The first-order chi connectivity index (χ1) is 11.1. The van der Waals surface area contributed by atoms with Crippen LogP contribution >= 0.6 is 0 Å². The van der Waals surface area contributed by atoms with Crippen molar-refractivity contribution in [3.8, 4) is 5.88 Å². The van der Waals surface area contributed by atoms with Gasteiger partial charge in [-0.05, 0) is 16.3 Å². The minimum atomic E-state index is -0.443. The summed E-state index contributed by atoms with van der Waals surface area (Å²) < 4.78 is 1.58. The third-order valence-electron chi connectivity index (χ3n) is 3.96. The van der Waals surface area contributed by atoms with Crippen molar-refractivity contribution in [3.63, 3.8) is 0 Å². The molecule has 6 nitrogen and oxygen atoms in total. The molecule has 4 rings (SSSR count). The van der Waals surface area contributed by atoms with Gasteiger partial charge in [-0.15, -0.1) is 0 Å². The molecule has 4 aromatic rings. The van der Waals surface area contributed by atoms with Gasteiger partial charge in [-0.25, -0.2) is 4.68 Å². The largest absolute Gasteiger partial charge is 0.494 e. The second-order valence-corrected chi connectivity index (χ2v) is 5.43. The molecule has 0 aliphatic rings. The lowest BCUT2D eigenvalue weighted by Gasteiger charge is -2.08. The molecule has 0 spiro atoms. The second kappa shape index (κ2) is 4.88. The highest BCUT2D eigenvalue weighted by atomic mass is 16.3. The number of hydrogen-bond donors (Lipinski definition) is 3. The topological polar surface area (TPSA) is 96.9 Å². The molecule has 2 aromatic heterocycles. The summed E-state index contributed by atoms with van der Waals surface area (Å²) in [6, 6.07) is 15.5. The maximum atomic E-state index is 11.9. The summed E-state index contributed by atoms with van der Waals surface area (Å²) in [6.07, 6.45) is 0. The molecule has 0 aliphatic heterocycles. The summed E-state index contributed by atoms with van der Waals surface area (Å²) in [5, 5.41) is 16.4. The smallest absolute Gasteiger partial charge is 0.263 e. The van der Waals surface area contributed by atoms with Gasteiger partial charge in [-0.1, -0.05) is 42.5 Å². The molecule has 0 bridgehead atoms. The van der Waals surface area contributed by atoms with Gasteiger partial charge in [-0.3, -0.25) is 9.78 Å². The van der Waals surface area contributed by atoms with E-state index in [2.05, 4.69) is 10.1 Å². The fourth-order valence-electron chi connectivity index (χ4n) is 2.88. The van der Waals surface area contributed by atoms with Crippen LogP contribution in [0.25, 0.3) is 21.7 Å². The molecule has 2 aromatic carbocycles. The van der Waals surface area contributed by atoms with E-state index in [0.29, 0.717) is 17.4 Å². The van der Waals surface area contributed by atoms with E-state index < -0.39 is 5.56 Å². The zero-order valence-electron chi connectivity index (χ0n) is 12.2. The first-order valence-electron chi connectivity index (χ1n) is 7.18. The Morgan fingerprint density at radius 2 is 1.96 bits per heavy atom. The number of nitrogen functional groups attached to an aromatic ring is 1. The molecule has 0 atom stereocenters. The Balaban J connectivity index is 1.88. The minimum absolute atomic E-state index is 0.225. The fraction of sp³-hybridized carbons (Fsp3) is 0.0588. The van der Waals surface area contributed by atoms with Crippen molar-refractivity contribution in [2.45, 2.75) is 6.54 Å². The highest BCUT2D eigenvalue weighted by molar-refractivity contribution is 5.89. The standard InChI is InChI=1S/C17H14N4O2/c18-16-15-13(8-14(22)19-17(15)23)20-21(16)9-11-6-3-5-10-4-1-2-7-12(10)11/h1-8,22H,9,18H2,(H,19,23). The average Bonchev–Trinajstić information content (AvgIpc) is 2.84. The molecular weight excluding hydrogens is 292 g/mol. The van der Waals surface area contributed by atoms with Gasteiger partial charge in [-0.2, -0.15) is 5.10 Å². The van der Waals surface area contributed by atoms with Gasteiger partial charge in [0.15, 0.2) is 5.88 Å². The van der Waals surface area contributed by atoms with Gasteiger partial charge in [0.2, 0.25) is 0 Å². The number of aromatic amines is 1. The minimum Gasteiger partial charge on any atom is -0.494 e. The quantitative estimate of drug-likeness (QED) is 0.529. The van der Waals surface area contributed by atoms with Crippen LogP contribution in [-0.4, -0.2) is 19.9 Å². The number of benzene rings is 2. The lowest BCUT2D eigenvalue weighted by Crippen LogP contribution is -2.09. The van der Waals surface area contributed by atoms with Crippen LogP contribution in [0.5, 0.6) is 5.88 Å². The van der Waals surface area contributed by atoms with Crippen LogP contribution in [0.3, 0.4) is 0 Å². The van der Waals surface area contributed by atoms with Crippen molar-refractivity contribution in [3.05, 3.63) is 64.4 Å². The van der Waals surface area contributed by atoms with Gasteiger partial charge in [0.05, 0.1) is 6.54 Å². The fourth-order valence-corrected chi connectivity index (χ4v) is 2.88. The van der Waals surface area contributed by atoms with Gasteiger partial charge in [0, 0.05) is 6.07 Å². The lowest BCUT2D eigenvalue weighted by molar-refractivity contribution is 0.453. The number of aromatic hydroxyl groups is 1. The Morgan fingerprint density at radius 3 is 2.83 bits per heavy atom. The highest BCUT2D eigenvalue weighted by Crippen LogP contribution is 2.23. The zero-order chi connectivity index (χ0) is 16.0. The number of nitrogens with two attached hydrogens (primary N) is 1. The molecule has 0 aliphatic carbocycles. The third kappa shape index (κ3) is 2.12. The van der Waals surface area contributed by atoms with Crippen LogP contribution < -0.4 is 11.3 Å². The number of rotatable bonds is 2. The Labute approximate surface area is 130 Å². The van der Waals surface area contributed by atoms with E-state index in [9.17, 15) is 9.90 Å². The molecule has 6 heteroatoms. The normalized spacial score (nSPS) is 11.3. The summed E-state index contributed by atoms with van der Waals surface area (Å²) in [6.45, 7) is 0.446. The van der Waals surface area contributed by atoms with E-state index >= 15 is 0 Å². The monoisotopic (exact) mass is 306 g/mol. The molecule has 23 heavy (non-hydrogen) atoms. The first kappa shape index (κ1) is 13.4. The van der Waals surface area contributed by atoms with Crippen LogP contribution in [0.1, 0.15) is 5.56 Å². The molecule has 2 heterocycles. The van der Waals surface area contributed by atoms with Gasteiger partial charge in [0.1, 0.15) is 16.7 Å². The van der Waals surface area contributed by atoms with Crippen molar-refractivity contribution in [1.82, 2.24) is 14.8 Å². The van der Waals surface area contributed by atoms with Gasteiger partial charge in [0.25, 0.3) is 5.56 Å². The van der Waals surface area contributed by atoms with E-state index in [1.807, 2.05) is 42.5 Å². The van der Waals surface area contributed by atoms with Crippen LogP contribution in [-0.2, 0) is 6.54 Å². The van der Waals surface area contributed by atoms with Crippen molar-refractivity contribution in [2.24, 2.45) is 0 Å². The number of H-pyrrole nitrogens is 1. The summed E-state index contributed by atoms with van der Waals surface area (Å²) in [5.74, 6) is 0.0616. The molecule has 0 amide bonds. The summed E-state index contributed by atoms with van der Waals surface area (Å²) >= 11 is 0. The number of pyridine rings is 1. The van der Waals surface area contributed by atoms with E-state index in [1.165, 1.54) is 6.07 Å². The van der Waals surface area contributed by atoms with Crippen LogP contribution in [0.4, 0.5) is 5.82 Å². The number of fused-ring (bicyclic) bond motifs is 2. The lowest BCUT2D eigenvalue weighted by atomic mass is 10.0. The van der Waals surface area contributed by atoms with E-state index in [0.717, 1.165) is 16.3 Å². The maximum absolute atomic E-state index is 11.9. The Bertz CT molecular complexity index is 1090. The molecule has 114 valence electrons. The maximum Gasteiger partial charge on any atom is 0.263 e. The zero-order valence-corrected chi connectivity index (χ0v) is 12.2. The predicted octanol–water partition coefficient (Wildman–Crippen LogP) is 2.21. The number of anilines is 1. The van der Waals surface area contributed by atoms with E-state index in [-0.39, 0.29) is 11.7 Å². The second-order valence-electron chi connectivity index (χ2n) is 5.43. The van der Waals surface area contributed by atoms with Crippen molar-refractivity contribution >= 4 is 27.5 Å². The highest BCUT2D eigenvalue weighted by Gasteiger charge is 2.14. The first-order valence-corrected chi connectivity index (χ1v) is 7.18. The number of nitrogens with zero attached hydrogens (tertiary/aromatic N) is 2. The summed E-state index contributed by atoms with van der Waals surface area (Å²) in [5.41, 5.74) is 7.07. The molecule has 0 unspecified atom stereocenters. The molecule has 0 radical (unpaired) electrons. The average molecular weight is 306 g/mol. The van der Waals surface area contributed by atoms with E-state index in [1.54, 1.807) is 4.68 Å². The SMILES string of the molecule is Nc1c2c(=O)[nH]c(O)cc2nn1Cc1cccc2ccccc12. The molecule has 0 fully saturated rings. The predicted molar refractivity (Wildman–Crippen MR) is 89.5 cm³/mol. The molecule has 0 saturated heterocycles. The van der Waals surface area contributed by atoms with E-state index in [4.69, 9.17) is 5.73 Å². The Hall–Kier alpha value is -3.28. The molecule has 4 N–H and O–H groups in total. The van der Waals surface area contributed by atoms with Gasteiger partial charge >= 0.3 is 0 Å². The Kier molecular flexibility index (Phi) is 2.84. The van der Waals surface area contributed by atoms with Crippen molar-refractivity contribution in [2.75, 3.05) is 5.73 Å². The summed E-state index contributed by atoms with van der Waals surface area (Å²) in [7, 11) is 0. The molecule has 0 saturated carbocycles. The Morgan fingerprint density at radius 1 is 1.17 bits per heavy atom. The van der Waals surface area contributed by atoms with Crippen LogP contribution in [0, 0.1) is 0 Å². The molecular formula is C17H14N4O2. The third-order valence-corrected chi connectivity index (χ3v) is 3.96. The summed E-state index contributed by atoms with van der Waals surface area (Å²) in [4.78, 5) is 14.3. The van der Waals surface area contributed by atoms with Crippen LogP contribution in [0.15, 0.2) is 53.3 Å². The number of nitrogens with one attached hydrogen (secondary N) is 1. The van der Waals surface area contributed by atoms with Crippen molar-refractivity contribution < 1.29 is 5.11 Å². The van der Waals surface area contributed by atoms with Crippen LogP contribution in [0.2, 0.25) is 0 Å².